The van der Waals surface area contributed by atoms with E-state index in [1.165, 1.54) is 62.1 Å². The molecule has 0 atom stereocenters. The van der Waals surface area contributed by atoms with E-state index in [1.54, 1.807) is 31.7 Å². The zero-order chi connectivity index (χ0) is 13.8. The molecule has 106 valence electrons. The fourth-order valence-corrected chi connectivity index (χ4v) is 5.84. The van der Waals surface area contributed by atoms with Crippen molar-refractivity contribution in [3.05, 3.63) is 46.5 Å². The Hall–Kier alpha value is -1.34. The lowest BCUT2D eigenvalue weighted by Gasteiger charge is -2.16. The van der Waals surface area contributed by atoms with Crippen LogP contribution in [0.1, 0.15) is 47.9 Å². The molecule has 1 aromatic heterocycles. The maximum absolute atomic E-state index is 2.41. The van der Waals surface area contributed by atoms with Gasteiger partial charge in [0, 0.05) is 20.2 Å². The van der Waals surface area contributed by atoms with Gasteiger partial charge in [-0.3, -0.25) is 0 Å². The van der Waals surface area contributed by atoms with Gasteiger partial charge in [0.25, 0.3) is 0 Å². The molecule has 2 aliphatic carbocycles. The summed E-state index contributed by atoms with van der Waals surface area (Å²) in [6.07, 6.45) is 10.7. The van der Waals surface area contributed by atoms with Crippen molar-refractivity contribution >= 4 is 31.5 Å². The summed E-state index contributed by atoms with van der Waals surface area (Å²) < 4.78 is 3.20. The number of aryl methyl sites for hydroxylation is 4. The lowest BCUT2D eigenvalue weighted by atomic mass is 9.88. The fourth-order valence-electron chi connectivity index (χ4n) is 4.35. The molecule has 0 bridgehead atoms. The maximum Gasteiger partial charge on any atom is 0.0390 e. The molecule has 1 heterocycles. The number of hydrogen-bond donors (Lipinski definition) is 0. The van der Waals surface area contributed by atoms with Gasteiger partial charge in [-0.15, -0.1) is 11.3 Å². The Balaban J connectivity index is 1.88. The van der Waals surface area contributed by atoms with Crippen molar-refractivity contribution in [1.29, 1.82) is 0 Å². The van der Waals surface area contributed by atoms with Crippen molar-refractivity contribution in [2.75, 3.05) is 0 Å². The van der Waals surface area contributed by atoms with Gasteiger partial charge in [0.15, 0.2) is 0 Å². The van der Waals surface area contributed by atoms with Crippen LogP contribution in [0, 0.1) is 0 Å². The topological polar surface area (TPSA) is 0 Å². The highest BCUT2D eigenvalue weighted by Gasteiger charge is 2.19. The van der Waals surface area contributed by atoms with Gasteiger partial charge in [0.05, 0.1) is 0 Å². The molecule has 0 N–H and O–H groups in total. The zero-order valence-corrected chi connectivity index (χ0v) is 13.2. The Morgan fingerprint density at radius 1 is 0.571 bits per heavy atom. The van der Waals surface area contributed by atoms with E-state index in [2.05, 4.69) is 35.6 Å². The first kappa shape index (κ1) is 12.2. The Kier molecular flexibility index (Phi) is 2.66. The Morgan fingerprint density at radius 3 is 1.57 bits per heavy atom. The van der Waals surface area contributed by atoms with Crippen LogP contribution in [0.5, 0.6) is 0 Å². The quantitative estimate of drug-likeness (QED) is 0.490. The SMILES string of the molecule is c1cc2c(sc3c4c(ccc32)CCCC4)c2c1CCCC2. The van der Waals surface area contributed by atoms with Crippen molar-refractivity contribution < 1.29 is 0 Å². The van der Waals surface area contributed by atoms with Crippen LogP contribution in [0.15, 0.2) is 24.3 Å². The van der Waals surface area contributed by atoms with Gasteiger partial charge in [0.2, 0.25) is 0 Å². The first-order chi connectivity index (χ1) is 10.4. The van der Waals surface area contributed by atoms with E-state index < -0.39 is 0 Å². The molecule has 2 aliphatic rings. The normalized spacial score (nSPS) is 17.9. The number of rotatable bonds is 0. The molecule has 0 amide bonds. The lowest BCUT2D eigenvalue weighted by Crippen LogP contribution is -2.01. The van der Waals surface area contributed by atoms with Gasteiger partial charge in [-0.2, -0.15) is 0 Å². The van der Waals surface area contributed by atoms with E-state index >= 15 is 0 Å². The Morgan fingerprint density at radius 2 is 1.05 bits per heavy atom. The minimum absolute atomic E-state index is 1.29. The van der Waals surface area contributed by atoms with E-state index in [1.807, 2.05) is 0 Å². The van der Waals surface area contributed by atoms with Crippen molar-refractivity contribution in [2.24, 2.45) is 0 Å². The first-order valence-corrected chi connectivity index (χ1v) is 9.21. The highest BCUT2D eigenvalue weighted by Crippen LogP contribution is 2.42. The van der Waals surface area contributed by atoms with Gasteiger partial charge in [-0.05, 0) is 73.6 Å². The largest absolute Gasteiger partial charge is 0.135 e. The molecule has 0 unspecified atom stereocenters. The standard InChI is InChI=1S/C20H20S/c1-3-7-15-13(5-1)9-11-17-18-12-10-14-6-2-4-8-16(14)20(18)21-19(15)17/h9-12H,1-8H2. The van der Waals surface area contributed by atoms with Crippen LogP contribution in [0.4, 0.5) is 0 Å². The molecule has 0 aliphatic heterocycles. The highest BCUT2D eigenvalue weighted by molar-refractivity contribution is 7.26. The lowest BCUT2D eigenvalue weighted by molar-refractivity contribution is 0.691. The van der Waals surface area contributed by atoms with Gasteiger partial charge >= 0.3 is 0 Å². The van der Waals surface area contributed by atoms with Crippen molar-refractivity contribution in [3.63, 3.8) is 0 Å². The molecule has 1 heteroatoms. The smallest absolute Gasteiger partial charge is 0.0390 e. The highest BCUT2D eigenvalue weighted by atomic mass is 32.1. The monoisotopic (exact) mass is 292 g/mol. The second-order valence-corrected chi connectivity index (χ2v) is 7.70. The molecule has 0 saturated heterocycles. The summed E-state index contributed by atoms with van der Waals surface area (Å²) in [5.41, 5.74) is 6.58. The predicted octanol–water partition coefficient (Wildman–Crippen LogP) is 5.81. The van der Waals surface area contributed by atoms with E-state index in [4.69, 9.17) is 0 Å². The molecule has 0 saturated carbocycles. The minimum Gasteiger partial charge on any atom is -0.135 e. The van der Waals surface area contributed by atoms with E-state index in [0.29, 0.717) is 0 Å². The summed E-state index contributed by atoms with van der Waals surface area (Å²) in [4.78, 5) is 0. The Bertz CT molecular complexity index is 783. The average molecular weight is 292 g/mol. The third-order valence-corrected chi connectivity index (χ3v) is 6.80. The number of thiophene rings is 1. The number of benzene rings is 2. The second-order valence-electron chi connectivity index (χ2n) is 6.68. The molecule has 5 rings (SSSR count). The predicted molar refractivity (Wildman–Crippen MR) is 92.6 cm³/mol. The molecule has 0 spiro atoms. The fraction of sp³-hybridized carbons (Fsp3) is 0.400. The molecular weight excluding hydrogens is 272 g/mol. The summed E-state index contributed by atoms with van der Waals surface area (Å²) in [5, 5.41) is 3.04. The molecule has 3 aromatic rings. The van der Waals surface area contributed by atoms with Crippen molar-refractivity contribution in [3.8, 4) is 0 Å². The third-order valence-electron chi connectivity index (χ3n) is 5.46. The van der Waals surface area contributed by atoms with Gasteiger partial charge in [-0.25, -0.2) is 0 Å². The number of fused-ring (bicyclic) bond motifs is 7. The minimum atomic E-state index is 1.29. The van der Waals surface area contributed by atoms with E-state index in [0.717, 1.165) is 0 Å². The van der Waals surface area contributed by atoms with Crippen molar-refractivity contribution in [1.82, 2.24) is 0 Å². The second kappa shape index (κ2) is 4.58. The van der Waals surface area contributed by atoms with Gasteiger partial charge < -0.3 is 0 Å². The number of hydrogen-bond acceptors (Lipinski definition) is 1. The van der Waals surface area contributed by atoms with Crippen LogP contribution in [-0.4, -0.2) is 0 Å². The third kappa shape index (κ3) is 1.73. The van der Waals surface area contributed by atoms with Crippen LogP contribution in [0.2, 0.25) is 0 Å². The summed E-state index contributed by atoms with van der Waals surface area (Å²) >= 11 is 2.09. The molecule has 0 radical (unpaired) electrons. The van der Waals surface area contributed by atoms with Crippen LogP contribution >= 0.6 is 11.3 Å². The van der Waals surface area contributed by atoms with Gasteiger partial charge in [0.1, 0.15) is 0 Å². The Labute approximate surface area is 129 Å². The first-order valence-electron chi connectivity index (χ1n) is 8.39. The van der Waals surface area contributed by atoms with Crippen LogP contribution in [0.25, 0.3) is 20.2 Å². The molecule has 0 fully saturated rings. The zero-order valence-electron chi connectivity index (χ0n) is 12.4. The summed E-state index contributed by atoms with van der Waals surface area (Å²) in [6.45, 7) is 0. The van der Waals surface area contributed by atoms with Crippen LogP contribution < -0.4 is 0 Å². The van der Waals surface area contributed by atoms with Crippen molar-refractivity contribution in [2.45, 2.75) is 51.4 Å². The van der Waals surface area contributed by atoms with Crippen LogP contribution in [-0.2, 0) is 25.7 Å². The molecule has 21 heavy (non-hydrogen) atoms. The molecule has 2 aromatic carbocycles. The van der Waals surface area contributed by atoms with E-state index in [-0.39, 0.29) is 0 Å². The van der Waals surface area contributed by atoms with E-state index in [9.17, 15) is 0 Å². The van der Waals surface area contributed by atoms with Gasteiger partial charge in [-0.1, -0.05) is 24.3 Å². The molecular formula is C20H20S. The summed E-state index contributed by atoms with van der Waals surface area (Å²) in [7, 11) is 0. The maximum atomic E-state index is 2.41. The summed E-state index contributed by atoms with van der Waals surface area (Å²) in [6, 6.07) is 9.60. The summed E-state index contributed by atoms with van der Waals surface area (Å²) in [5.74, 6) is 0. The molecule has 0 nitrogen and oxygen atoms in total. The average Bonchev–Trinajstić information content (AvgIpc) is 2.94. The van der Waals surface area contributed by atoms with Crippen LogP contribution in [0.3, 0.4) is 0 Å².